The van der Waals surface area contributed by atoms with Crippen molar-refractivity contribution >= 4 is 33.4 Å². The highest BCUT2D eigenvalue weighted by molar-refractivity contribution is 5.94. The molecule has 4 aromatic rings. The van der Waals surface area contributed by atoms with Crippen LogP contribution in [0.5, 0.6) is 0 Å². The number of benzene rings is 3. The van der Waals surface area contributed by atoms with Crippen LogP contribution in [0.25, 0.3) is 21.7 Å². The lowest BCUT2D eigenvalue weighted by Gasteiger charge is -2.27. The number of amides is 2. The maximum Gasteiger partial charge on any atom is 0.322 e. The zero-order valence-corrected chi connectivity index (χ0v) is 14.3. The summed E-state index contributed by atoms with van der Waals surface area (Å²) >= 11 is 0. The molecule has 4 nitrogen and oxygen atoms in total. The first-order valence-corrected chi connectivity index (χ1v) is 8.91. The van der Waals surface area contributed by atoms with E-state index in [4.69, 9.17) is 0 Å². The van der Waals surface area contributed by atoms with Crippen LogP contribution in [0.1, 0.15) is 11.3 Å². The SMILES string of the molecule is O=C(Nc1ccc2ccccc2c1)N1CCc2c([nH]c3ccccc23)C1. The third kappa shape index (κ3) is 2.51. The number of para-hydroxylation sites is 1. The van der Waals surface area contributed by atoms with E-state index in [1.54, 1.807) is 0 Å². The predicted molar refractivity (Wildman–Crippen MR) is 105 cm³/mol. The Bertz CT molecular complexity index is 1130. The number of rotatable bonds is 1. The minimum Gasteiger partial charge on any atom is -0.357 e. The summed E-state index contributed by atoms with van der Waals surface area (Å²) < 4.78 is 0. The molecule has 0 radical (unpaired) electrons. The lowest BCUT2D eigenvalue weighted by Crippen LogP contribution is -2.38. The van der Waals surface area contributed by atoms with E-state index in [9.17, 15) is 4.79 Å². The molecule has 0 unspecified atom stereocenters. The van der Waals surface area contributed by atoms with Crippen LogP contribution in [-0.2, 0) is 13.0 Å². The van der Waals surface area contributed by atoms with E-state index in [0.29, 0.717) is 6.54 Å². The van der Waals surface area contributed by atoms with Crippen molar-refractivity contribution in [1.29, 1.82) is 0 Å². The normalized spacial score (nSPS) is 13.8. The van der Waals surface area contributed by atoms with Gasteiger partial charge in [-0.15, -0.1) is 0 Å². The van der Waals surface area contributed by atoms with Crippen LogP contribution in [-0.4, -0.2) is 22.5 Å². The van der Waals surface area contributed by atoms with Gasteiger partial charge in [-0.1, -0.05) is 48.5 Å². The molecule has 0 bridgehead atoms. The lowest BCUT2D eigenvalue weighted by atomic mass is 10.0. The van der Waals surface area contributed by atoms with Crippen molar-refractivity contribution in [2.24, 2.45) is 0 Å². The minimum atomic E-state index is -0.0513. The maximum absolute atomic E-state index is 12.7. The molecular formula is C22H19N3O. The summed E-state index contributed by atoms with van der Waals surface area (Å²) in [6.45, 7) is 1.34. The molecule has 0 spiro atoms. The van der Waals surface area contributed by atoms with E-state index in [2.05, 4.69) is 40.6 Å². The Kier molecular flexibility index (Phi) is 3.42. The lowest BCUT2D eigenvalue weighted by molar-refractivity contribution is 0.206. The van der Waals surface area contributed by atoms with Crippen LogP contribution < -0.4 is 5.32 Å². The average Bonchev–Trinajstić information content (AvgIpc) is 3.05. The number of fused-ring (bicyclic) bond motifs is 4. The number of nitrogens with one attached hydrogen (secondary N) is 2. The van der Waals surface area contributed by atoms with Gasteiger partial charge in [-0.25, -0.2) is 4.79 Å². The molecule has 1 aliphatic rings. The fourth-order valence-electron chi connectivity index (χ4n) is 3.84. The Hall–Kier alpha value is -3.27. The van der Waals surface area contributed by atoms with Gasteiger partial charge in [0.1, 0.15) is 0 Å². The second-order valence-electron chi connectivity index (χ2n) is 6.79. The van der Waals surface area contributed by atoms with E-state index < -0.39 is 0 Å². The van der Waals surface area contributed by atoms with Gasteiger partial charge < -0.3 is 15.2 Å². The third-order valence-electron chi connectivity index (χ3n) is 5.17. The van der Waals surface area contributed by atoms with E-state index >= 15 is 0 Å². The standard InChI is InChI=1S/C22H19N3O/c26-22(23-17-10-9-15-5-1-2-6-16(15)13-17)25-12-11-19-18-7-3-4-8-20(18)24-21(19)14-25/h1-10,13,24H,11-12,14H2,(H,23,26). The molecule has 2 heterocycles. The smallest absolute Gasteiger partial charge is 0.322 e. The van der Waals surface area contributed by atoms with Gasteiger partial charge in [0.05, 0.1) is 6.54 Å². The fraction of sp³-hybridized carbons (Fsp3) is 0.136. The summed E-state index contributed by atoms with van der Waals surface area (Å²) in [5, 5.41) is 6.62. The molecule has 0 aliphatic carbocycles. The third-order valence-corrected chi connectivity index (χ3v) is 5.17. The molecule has 5 rings (SSSR count). The number of anilines is 1. The van der Waals surface area contributed by atoms with Crippen LogP contribution in [0.4, 0.5) is 10.5 Å². The first-order valence-electron chi connectivity index (χ1n) is 8.91. The monoisotopic (exact) mass is 341 g/mol. The van der Waals surface area contributed by atoms with Gasteiger partial charge in [0.15, 0.2) is 0 Å². The Morgan fingerprint density at radius 3 is 2.69 bits per heavy atom. The zero-order chi connectivity index (χ0) is 17.5. The Morgan fingerprint density at radius 2 is 1.77 bits per heavy atom. The molecular weight excluding hydrogens is 322 g/mol. The number of urea groups is 1. The van der Waals surface area contributed by atoms with E-state index in [1.165, 1.54) is 16.3 Å². The van der Waals surface area contributed by atoms with Crippen LogP contribution in [0.3, 0.4) is 0 Å². The van der Waals surface area contributed by atoms with Gasteiger partial charge in [0.2, 0.25) is 0 Å². The Balaban J connectivity index is 1.37. The van der Waals surface area contributed by atoms with Crippen LogP contribution >= 0.6 is 0 Å². The number of hydrogen-bond donors (Lipinski definition) is 2. The zero-order valence-electron chi connectivity index (χ0n) is 14.3. The van der Waals surface area contributed by atoms with Crippen LogP contribution in [0, 0.1) is 0 Å². The summed E-state index contributed by atoms with van der Waals surface area (Å²) in [6, 6.07) is 22.5. The van der Waals surface area contributed by atoms with Gasteiger partial charge >= 0.3 is 6.03 Å². The molecule has 128 valence electrons. The van der Waals surface area contributed by atoms with Crippen LogP contribution in [0.15, 0.2) is 66.7 Å². The summed E-state index contributed by atoms with van der Waals surface area (Å²) in [4.78, 5) is 18.1. The molecule has 0 saturated carbocycles. The maximum atomic E-state index is 12.7. The number of carbonyl (C=O) groups is 1. The molecule has 2 amide bonds. The number of H-pyrrole nitrogens is 1. The Labute approximate surface area is 151 Å². The van der Waals surface area contributed by atoms with Gasteiger partial charge in [0, 0.05) is 28.8 Å². The van der Waals surface area contributed by atoms with Crippen LogP contribution in [0.2, 0.25) is 0 Å². The number of carbonyl (C=O) groups excluding carboxylic acids is 1. The highest BCUT2D eigenvalue weighted by Gasteiger charge is 2.23. The topological polar surface area (TPSA) is 48.1 Å². The summed E-state index contributed by atoms with van der Waals surface area (Å²) in [7, 11) is 0. The largest absolute Gasteiger partial charge is 0.357 e. The number of aromatic nitrogens is 1. The average molecular weight is 341 g/mol. The molecule has 1 aromatic heterocycles. The van der Waals surface area contributed by atoms with Crippen molar-refractivity contribution in [3.63, 3.8) is 0 Å². The summed E-state index contributed by atoms with van der Waals surface area (Å²) in [5.74, 6) is 0. The van der Waals surface area contributed by atoms with Crippen molar-refractivity contribution in [2.45, 2.75) is 13.0 Å². The van der Waals surface area contributed by atoms with E-state index in [0.717, 1.165) is 35.2 Å². The number of aromatic amines is 1. The quantitative estimate of drug-likeness (QED) is 0.508. The molecule has 0 atom stereocenters. The highest BCUT2D eigenvalue weighted by Crippen LogP contribution is 2.28. The van der Waals surface area contributed by atoms with Crippen molar-refractivity contribution in [2.75, 3.05) is 11.9 Å². The molecule has 26 heavy (non-hydrogen) atoms. The minimum absolute atomic E-state index is 0.0513. The van der Waals surface area contributed by atoms with Crippen molar-refractivity contribution in [3.8, 4) is 0 Å². The number of hydrogen-bond acceptors (Lipinski definition) is 1. The summed E-state index contributed by atoms with van der Waals surface area (Å²) in [5.41, 5.74) is 4.46. The van der Waals surface area contributed by atoms with E-state index in [1.807, 2.05) is 41.3 Å². The second-order valence-corrected chi connectivity index (χ2v) is 6.79. The van der Waals surface area contributed by atoms with Gasteiger partial charge in [0.25, 0.3) is 0 Å². The predicted octanol–water partition coefficient (Wildman–Crippen LogP) is 4.91. The highest BCUT2D eigenvalue weighted by atomic mass is 16.2. The first-order chi connectivity index (χ1) is 12.8. The molecule has 1 aliphatic heterocycles. The van der Waals surface area contributed by atoms with Gasteiger partial charge in [-0.2, -0.15) is 0 Å². The van der Waals surface area contributed by atoms with Gasteiger partial charge in [-0.3, -0.25) is 0 Å². The van der Waals surface area contributed by atoms with Crippen molar-refractivity contribution < 1.29 is 4.79 Å². The fourth-order valence-corrected chi connectivity index (χ4v) is 3.84. The first kappa shape index (κ1) is 15.0. The van der Waals surface area contributed by atoms with Crippen molar-refractivity contribution in [1.82, 2.24) is 9.88 Å². The van der Waals surface area contributed by atoms with Crippen molar-refractivity contribution in [3.05, 3.63) is 78.0 Å². The molecule has 2 N–H and O–H groups in total. The second kappa shape index (κ2) is 5.92. The van der Waals surface area contributed by atoms with E-state index in [-0.39, 0.29) is 6.03 Å². The molecule has 0 saturated heterocycles. The summed E-state index contributed by atoms with van der Waals surface area (Å²) in [6.07, 6.45) is 0.879. The Morgan fingerprint density at radius 1 is 0.962 bits per heavy atom. The molecule has 3 aromatic carbocycles. The number of nitrogens with zero attached hydrogens (tertiary/aromatic N) is 1. The molecule has 0 fully saturated rings. The molecule has 4 heteroatoms. The van der Waals surface area contributed by atoms with Gasteiger partial charge in [-0.05, 0) is 41.0 Å².